The van der Waals surface area contributed by atoms with Gasteiger partial charge in [0.05, 0.1) is 23.9 Å². The summed E-state index contributed by atoms with van der Waals surface area (Å²) in [6.45, 7) is 4.18. The van der Waals surface area contributed by atoms with Crippen LogP contribution < -0.4 is 5.43 Å². The van der Waals surface area contributed by atoms with Gasteiger partial charge in [0.1, 0.15) is 16.6 Å². The van der Waals surface area contributed by atoms with Crippen molar-refractivity contribution in [1.29, 1.82) is 0 Å². The van der Waals surface area contributed by atoms with Crippen LogP contribution >= 0.6 is 11.3 Å². The van der Waals surface area contributed by atoms with Crippen molar-refractivity contribution >= 4 is 17.1 Å². The molecule has 0 saturated carbocycles. The van der Waals surface area contributed by atoms with E-state index in [1.165, 1.54) is 23.5 Å². The van der Waals surface area contributed by atoms with E-state index in [-0.39, 0.29) is 29.6 Å². The summed E-state index contributed by atoms with van der Waals surface area (Å²) in [6.07, 6.45) is 5.92. The van der Waals surface area contributed by atoms with Crippen molar-refractivity contribution in [1.82, 2.24) is 9.55 Å². The molecule has 0 amide bonds. The van der Waals surface area contributed by atoms with Crippen LogP contribution in [0.3, 0.4) is 0 Å². The Hall–Kier alpha value is -2.71. The Morgan fingerprint density at radius 2 is 2.06 bits per heavy atom. The SMILES string of the molecule is CCCC1C[C@H](COC)n2cc(-c3ncc(Cc4ccc(F)cc4F)s3)c(=O)c(C)c2C1=O. The minimum Gasteiger partial charge on any atom is -0.383 e. The van der Waals surface area contributed by atoms with E-state index in [4.69, 9.17) is 4.74 Å². The molecule has 2 atom stereocenters. The van der Waals surface area contributed by atoms with Gasteiger partial charge in [-0.3, -0.25) is 9.59 Å². The first-order valence-electron chi connectivity index (χ1n) is 11.0. The zero-order valence-electron chi connectivity index (χ0n) is 18.9. The summed E-state index contributed by atoms with van der Waals surface area (Å²) in [4.78, 5) is 31.6. The minimum absolute atomic E-state index is 0.0111. The molecule has 1 aromatic carbocycles. The van der Waals surface area contributed by atoms with Crippen molar-refractivity contribution < 1.29 is 18.3 Å². The van der Waals surface area contributed by atoms with Crippen LogP contribution in [0.15, 0.2) is 35.4 Å². The second-order valence-corrected chi connectivity index (χ2v) is 9.61. The second kappa shape index (κ2) is 9.65. The molecule has 0 aliphatic carbocycles. The van der Waals surface area contributed by atoms with E-state index in [9.17, 15) is 18.4 Å². The van der Waals surface area contributed by atoms with Crippen LogP contribution in [0, 0.1) is 24.5 Å². The number of benzene rings is 1. The number of Topliss-reactive ketones (excluding diaryl/α,β-unsaturated/α-hetero) is 1. The fourth-order valence-electron chi connectivity index (χ4n) is 4.56. The van der Waals surface area contributed by atoms with Gasteiger partial charge in [0.25, 0.3) is 0 Å². The highest BCUT2D eigenvalue weighted by molar-refractivity contribution is 7.15. The molecule has 0 radical (unpaired) electrons. The van der Waals surface area contributed by atoms with Gasteiger partial charge in [-0.1, -0.05) is 19.4 Å². The number of pyridine rings is 1. The van der Waals surface area contributed by atoms with Gasteiger partial charge in [0, 0.05) is 48.3 Å². The standard InChI is InChI=1S/C25H26F2N2O3S/c1-4-5-16-8-18(13-32-3)29-12-20(23(30)14(2)22(29)24(16)31)25-28-11-19(33-25)9-15-6-7-17(26)10-21(15)27/h6-7,10-12,16,18H,4-5,8-9,13H2,1-3H3/t16?,18-/m1/s1. The molecule has 3 heterocycles. The monoisotopic (exact) mass is 472 g/mol. The molecule has 174 valence electrons. The molecule has 1 unspecified atom stereocenters. The van der Waals surface area contributed by atoms with Gasteiger partial charge in [-0.25, -0.2) is 13.8 Å². The average molecular weight is 473 g/mol. The highest BCUT2D eigenvalue weighted by atomic mass is 32.1. The number of carbonyl (C=O) groups excluding carboxylic acids is 1. The summed E-state index contributed by atoms with van der Waals surface area (Å²) in [5.41, 5.74) is 1.42. The van der Waals surface area contributed by atoms with Crippen molar-refractivity contribution in [2.24, 2.45) is 5.92 Å². The van der Waals surface area contributed by atoms with Crippen molar-refractivity contribution in [3.8, 4) is 10.6 Å². The molecule has 0 fully saturated rings. The number of fused-ring (bicyclic) bond motifs is 1. The topological polar surface area (TPSA) is 61.2 Å². The van der Waals surface area contributed by atoms with Crippen LogP contribution in [0.25, 0.3) is 10.6 Å². The van der Waals surface area contributed by atoms with Gasteiger partial charge >= 0.3 is 0 Å². The highest BCUT2D eigenvalue weighted by Crippen LogP contribution is 2.35. The summed E-state index contributed by atoms with van der Waals surface area (Å²) in [6, 6.07) is 3.44. The zero-order chi connectivity index (χ0) is 23.7. The first-order valence-corrected chi connectivity index (χ1v) is 11.8. The molecule has 0 bridgehead atoms. The lowest BCUT2D eigenvalue weighted by Crippen LogP contribution is -2.36. The Balaban J connectivity index is 1.73. The number of rotatable bonds is 7. The van der Waals surface area contributed by atoms with E-state index >= 15 is 0 Å². The van der Waals surface area contributed by atoms with Crippen molar-refractivity contribution in [3.63, 3.8) is 0 Å². The van der Waals surface area contributed by atoms with Crippen LogP contribution in [-0.2, 0) is 11.2 Å². The number of aromatic nitrogens is 2. The van der Waals surface area contributed by atoms with Crippen LogP contribution in [0.5, 0.6) is 0 Å². The molecule has 0 saturated heterocycles. The Kier molecular flexibility index (Phi) is 6.86. The summed E-state index contributed by atoms with van der Waals surface area (Å²) in [7, 11) is 1.63. The molecular formula is C25H26F2N2O3S. The molecule has 8 heteroatoms. The number of hydrogen-bond donors (Lipinski definition) is 0. The normalized spacial score (nSPS) is 17.9. The zero-order valence-corrected chi connectivity index (χ0v) is 19.7. The van der Waals surface area contributed by atoms with Gasteiger partial charge in [-0.15, -0.1) is 11.3 Å². The third kappa shape index (κ3) is 4.54. The molecule has 33 heavy (non-hydrogen) atoms. The summed E-state index contributed by atoms with van der Waals surface area (Å²) >= 11 is 1.29. The fraction of sp³-hybridized carbons (Fsp3) is 0.400. The molecule has 1 aliphatic rings. The Morgan fingerprint density at radius 1 is 1.27 bits per heavy atom. The number of halogens is 2. The van der Waals surface area contributed by atoms with Crippen molar-refractivity contribution in [3.05, 3.63) is 74.1 Å². The Bertz CT molecular complexity index is 1250. The molecule has 5 nitrogen and oxygen atoms in total. The van der Waals surface area contributed by atoms with Gasteiger partial charge in [0.2, 0.25) is 0 Å². The predicted molar refractivity (Wildman–Crippen MR) is 124 cm³/mol. The molecule has 4 rings (SSSR count). The predicted octanol–water partition coefficient (Wildman–Crippen LogP) is 5.34. The van der Waals surface area contributed by atoms with Crippen LogP contribution in [-0.4, -0.2) is 29.1 Å². The molecule has 0 spiro atoms. The van der Waals surface area contributed by atoms with E-state index in [1.807, 2.05) is 11.5 Å². The number of ether oxygens (including phenoxy) is 1. The van der Waals surface area contributed by atoms with Crippen LogP contribution in [0.2, 0.25) is 0 Å². The van der Waals surface area contributed by atoms with E-state index in [1.54, 1.807) is 26.4 Å². The number of carbonyl (C=O) groups is 1. The summed E-state index contributed by atoms with van der Waals surface area (Å²) in [5.74, 6) is -1.34. The smallest absolute Gasteiger partial charge is 0.195 e. The maximum Gasteiger partial charge on any atom is 0.195 e. The lowest BCUT2D eigenvalue weighted by Gasteiger charge is -2.33. The number of nitrogens with zero attached hydrogens (tertiary/aromatic N) is 2. The minimum atomic E-state index is -0.625. The largest absolute Gasteiger partial charge is 0.383 e. The maximum atomic E-state index is 14.1. The van der Waals surface area contributed by atoms with Crippen molar-refractivity contribution in [2.45, 2.75) is 45.6 Å². The molecule has 1 aliphatic heterocycles. The first-order chi connectivity index (χ1) is 15.8. The van der Waals surface area contributed by atoms with Gasteiger partial charge in [0.15, 0.2) is 11.2 Å². The molecule has 2 aromatic heterocycles. The van der Waals surface area contributed by atoms with Gasteiger partial charge in [-0.05, 0) is 31.4 Å². The van der Waals surface area contributed by atoms with Gasteiger partial charge in [-0.2, -0.15) is 0 Å². The summed E-state index contributed by atoms with van der Waals surface area (Å²) < 4.78 is 34.6. The number of thiazole rings is 1. The Labute approximate surface area is 195 Å². The molecule has 3 aromatic rings. The third-order valence-corrected chi connectivity index (χ3v) is 7.21. The quantitative estimate of drug-likeness (QED) is 0.466. The lowest BCUT2D eigenvalue weighted by atomic mass is 9.84. The molecular weight excluding hydrogens is 446 g/mol. The first kappa shape index (κ1) is 23.4. The molecule has 0 N–H and O–H groups in total. The number of ketones is 1. The lowest BCUT2D eigenvalue weighted by molar-refractivity contribution is 0.0776. The van der Waals surface area contributed by atoms with E-state index in [2.05, 4.69) is 4.98 Å². The summed E-state index contributed by atoms with van der Waals surface area (Å²) in [5, 5.41) is 0.509. The van der Waals surface area contributed by atoms with Crippen LogP contribution in [0.1, 0.15) is 58.7 Å². The average Bonchev–Trinajstić information content (AvgIpc) is 3.24. The number of hydrogen-bond acceptors (Lipinski definition) is 5. The van der Waals surface area contributed by atoms with Crippen molar-refractivity contribution in [2.75, 3.05) is 13.7 Å². The van der Waals surface area contributed by atoms with Gasteiger partial charge < -0.3 is 9.30 Å². The van der Waals surface area contributed by atoms with Crippen LogP contribution in [0.4, 0.5) is 8.78 Å². The maximum absolute atomic E-state index is 14.1. The third-order valence-electron chi connectivity index (χ3n) is 6.18. The fourth-order valence-corrected chi connectivity index (χ4v) is 5.51. The van der Waals surface area contributed by atoms with E-state index in [0.717, 1.165) is 23.8 Å². The second-order valence-electron chi connectivity index (χ2n) is 8.49. The Morgan fingerprint density at radius 3 is 2.76 bits per heavy atom. The highest BCUT2D eigenvalue weighted by Gasteiger charge is 2.35. The van der Waals surface area contributed by atoms with E-state index < -0.39 is 11.6 Å². The van der Waals surface area contributed by atoms with E-state index in [0.29, 0.717) is 40.4 Å². The number of methoxy groups -OCH3 is 1.